The molecule has 4 heteroatoms. The van der Waals surface area contributed by atoms with Gasteiger partial charge in [-0.25, -0.2) is 4.98 Å². The minimum atomic E-state index is -2.78. The predicted octanol–water partition coefficient (Wildman–Crippen LogP) is 13.0. The van der Waals surface area contributed by atoms with Gasteiger partial charge in [-0.1, -0.05) is 106 Å². The van der Waals surface area contributed by atoms with E-state index in [0.717, 1.165) is 44.6 Å². The smallest absolute Gasteiger partial charge is 0.149 e. The van der Waals surface area contributed by atoms with Crippen molar-refractivity contribution in [3.8, 4) is 67.5 Å². The molecule has 1 N–H and O–H groups in total. The molecule has 2 aromatic heterocycles. The van der Waals surface area contributed by atoms with Gasteiger partial charge in [0.1, 0.15) is 11.6 Å². The van der Waals surface area contributed by atoms with E-state index in [1.54, 1.807) is 30.3 Å². The van der Waals surface area contributed by atoms with Crippen molar-refractivity contribution in [1.82, 2.24) is 14.5 Å². The molecular formula is C50H45N3O. The third kappa shape index (κ3) is 6.39. The third-order valence-electron chi connectivity index (χ3n) is 10.1. The number of hydrogen-bond acceptors (Lipinski definition) is 3. The quantitative estimate of drug-likeness (QED) is 0.187. The highest BCUT2D eigenvalue weighted by molar-refractivity contribution is 5.97. The predicted molar refractivity (Wildman–Crippen MR) is 225 cm³/mol. The number of para-hydroxylation sites is 1. The number of phenolic OH excluding ortho intramolecular Hbond substituents is 1. The van der Waals surface area contributed by atoms with Crippen LogP contribution < -0.4 is 0 Å². The summed E-state index contributed by atoms with van der Waals surface area (Å²) >= 11 is 0. The van der Waals surface area contributed by atoms with Crippen LogP contribution in [0.4, 0.5) is 0 Å². The number of fused-ring (bicyclic) bond motifs is 1. The van der Waals surface area contributed by atoms with Gasteiger partial charge in [0.05, 0.1) is 22.3 Å². The number of nitrogens with zero attached hydrogens (tertiary/aromatic N) is 3. The molecule has 0 atom stereocenters. The molecule has 0 fully saturated rings. The van der Waals surface area contributed by atoms with E-state index < -0.39 is 13.7 Å². The van der Waals surface area contributed by atoms with Crippen molar-refractivity contribution in [2.75, 3.05) is 0 Å². The number of aromatic nitrogens is 3. The molecule has 8 aromatic rings. The van der Waals surface area contributed by atoms with Gasteiger partial charge >= 0.3 is 0 Å². The first-order valence-electron chi connectivity index (χ1n) is 21.1. The molecule has 0 saturated heterocycles. The number of benzene rings is 6. The fourth-order valence-electron chi connectivity index (χ4n) is 7.27. The highest BCUT2D eigenvalue weighted by Crippen LogP contribution is 2.42. The minimum Gasteiger partial charge on any atom is -0.507 e. The number of pyridine rings is 1. The van der Waals surface area contributed by atoms with E-state index in [9.17, 15) is 5.11 Å². The molecule has 0 radical (unpaired) electrons. The van der Waals surface area contributed by atoms with Crippen LogP contribution in [0.2, 0.25) is 0 Å². The van der Waals surface area contributed by atoms with E-state index in [-0.39, 0.29) is 27.9 Å². The van der Waals surface area contributed by atoms with Crippen LogP contribution in [0.25, 0.3) is 72.7 Å². The first-order chi connectivity index (χ1) is 28.4. The van der Waals surface area contributed by atoms with Gasteiger partial charge in [-0.05, 0) is 137 Å². The van der Waals surface area contributed by atoms with Crippen LogP contribution in [-0.2, 0) is 5.41 Å². The number of aryl methyl sites for hydroxylation is 3. The van der Waals surface area contributed by atoms with Crippen molar-refractivity contribution in [3.63, 3.8) is 0 Å². The second-order valence-electron chi connectivity index (χ2n) is 15.0. The molecule has 0 aliphatic carbocycles. The minimum absolute atomic E-state index is 0.0403. The lowest BCUT2D eigenvalue weighted by Gasteiger charge is -2.22. The highest BCUT2D eigenvalue weighted by Gasteiger charge is 2.24. The van der Waals surface area contributed by atoms with Crippen LogP contribution in [0.15, 0.2) is 140 Å². The lowest BCUT2D eigenvalue weighted by molar-refractivity contribution is 0.472. The standard InChI is InChI=1S/C50H45N3O/c1-31-23-33(3)48(54)44(24-31)49-52-47-42(19-14-20-46(47)53(49)41-25-32(2)34(4)43(30-41)36-17-12-9-13-18-36)38-26-39(28-40(27-38)50(5,6)7)45-29-37(21-22-51-45)35-15-10-8-11-16-35/h8-30,54H,1-7H3/i2D3,4D3. The van der Waals surface area contributed by atoms with Gasteiger partial charge in [-0.2, -0.15) is 0 Å². The summed E-state index contributed by atoms with van der Waals surface area (Å²) in [6.45, 7) is 4.79. The van der Waals surface area contributed by atoms with Crippen molar-refractivity contribution in [3.05, 3.63) is 167 Å². The van der Waals surface area contributed by atoms with E-state index >= 15 is 0 Å². The fraction of sp³-hybridized carbons (Fsp3) is 0.160. The van der Waals surface area contributed by atoms with Crippen molar-refractivity contribution in [2.24, 2.45) is 0 Å². The molecule has 0 saturated carbocycles. The number of hydrogen-bond donors (Lipinski definition) is 1. The Kier molecular flexibility index (Phi) is 7.13. The highest BCUT2D eigenvalue weighted by atomic mass is 16.3. The number of rotatable bonds is 6. The molecule has 8 rings (SSSR count). The van der Waals surface area contributed by atoms with E-state index in [0.29, 0.717) is 39.2 Å². The normalized spacial score (nSPS) is 13.8. The molecule has 0 unspecified atom stereocenters. The summed E-state index contributed by atoms with van der Waals surface area (Å²) in [4.78, 5) is 10.2. The van der Waals surface area contributed by atoms with Crippen LogP contribution in [0.5, 0.6) is 5.75 Å². The molecule has 6 aromatic carbocycles. The van der Waals surface area contributed by atoms with Gasteiger partial charge in [-0.3, -0.25) is 9.55 Å². The van der Waals surface area contributed by atoms with Gasteiger partial charge in [0.15, 0.2) is 0 Å². The summed E-state index contributed by atoms with van der Waals surface area (Å²) in [5.74, 6) is 0.418. The molecule has 54 heavy (non-hydrogen) atoms. The van der Waals surface area contributed by atoms with E-state index in [2.05, 4.69) is 57.2 Å². The summed E-state index contributed by atoms with van der Waals surface area (Å²) < 4.78 is 53.4. The van der Waals surface area contributed by atoms with Gasteiger partial charge < -0.3 is 5.11 Å². The van der Waals surface area contributed by atoms with Crippen molar-refractivity contribution < 1.29 is 13.3 Å². The van der Waals surface area contributed by atoms with Crippen LogP contribution in [-0.4, -0.2) is 19.6 Å². The number of imidazole rings is 1. The van der Waals surface area contributed by atoms with Crippen LogP contribution in [0.1, 0.15) is 56.8 Å². The molecular weight excluding hydrogens is 659 g/mol. The SMILES string of the molecule is [2H]C([2H])([2H])c1cc(-n2c(-c3cc(C)cc(C)c3O)nc3c(-c4cc(-c5cc(-c6ccccc6)ccn5)cc(C(C)(C)C)c4)cccc32)cc(-c2ccccc2)c1C([2H])([2H])[2H]. The number of aromatic hydroxyl groups is 1. The average Bonchev–Trinajstić information content (AvgIpc) is 3.61. The second-order valence-corrected chi connectivity index (χ2v) is 15.0. The first-order valence-corrected chi connectivity index (χ1v) is 18.1. The van der Waals surface area contributed by atoms with E-state index in [4.69, 9.17) is 18.2 Å². The zero-order chi connectivity index (χ0) is 42.7. The summed E-state index contributed by atoms with van der Waals surface area (Å²) in [6.07, 6.45) is 1.83. The van der Waals surface area contributed by atoms with Crippen LogP contribution in [0, 0.1) is 27.6 Å². The zero-order valence-electron chi connectivity index (χ0n) is 37.1. The molecule has 0 spiro atoms. The Bertz CT molecular complexity index is 2910. The van der Waals surface area contributed by atoms with Gasteiger partial charge in [0, 0.05) is 31.2 Å². The van der Waals surface area contributed by atoms with Crippen LogP contribution >= 0.6 is 0 Å². The Morgan fingerprint density at radius 2 is 1.35 bits per heavy atom. The molecule has 0 bridgehead atoms. The Morgan fingerprint density at radius 3 is 2.07 bits per heavy atom. The molecule has 2 heterocycles. The lowest BCUT2D eigenvalue weighted by Crippen LogP contribution is -2.11. The Morgan fingerprint density at radius 1 is 0.611 bits per heavy atom. The molecule has 4 nitrogen and oxygen atoms in total. The van der Waals surface area contributed by atoms with Crippen LogP contribution in [0.3, 0.4) is 0 Å². The second kappa shape index (κ2) is 13.6. The largest absolute Gasteiger partial charge is 0.507 e. The Balaban J connectivity index is 1.45. The van der Waals surface area contributed by atoms with Gasteiger partial charge in [0.25, 0.3) is 0 Å². The average molecular weight is 710 g/mol. The molecule has 266 valence electrons. The van der Waals surface area contributed by atoms with Crippen molar-refractivity contribution in [2.45, 2.75) is 53.7 Å². The van der Waals surface area contributed by atoms with Crippen molar-refractivity contribution in [1.29, 1.82) is 0 Å². The Labute approximate surface area is 326 Å². The molecule has 0 amide bonds. The van der Waals surface area contributed by atoms with E-state index in [1.165, 1.54) is 6.07 Å². The topological polar surface area (TPSA) is 50.9 Å². The van der Waals surface area contributed by atoms with Gasteiger partial charge in [-0.15, -0.1) is 0 Å². The third-order valence-corrected chi connectivity index (χ3v) is 10.1. The van der Waals surface area contributed by atoms with Gasteiger partial charge in [0.2, 0.25) is 0 Å². The van der Waals surface area contributed by atoms with E-state index in [1.807, 2.05) is 85.3 Å². The number of phenols is 1. The summed E-state index contributed by atoms with van der Waals surface area (Å²) in [7, 11) is 0. The summed E-state index contributed by atoms with van der Waals surface area (Å²) in [6, 6.07) is 42.6. The monoisotopic (exact) mass is 709 g/mol. The van der Waals surface area contributed by atoms with Crippen molar-refractivity contribution >= 4 is 11.0 Å². The first kappa shape index (κ1) is 28.3. The maximum Gasteiger partial charge on any atom is 0.149 e. The molecule has 0 aliphatic rings. The summed E-state index contributed by atoms with van der Waals surface area (Å²) in [5.41, 5.74) is 10.5. The fourth-order valence-corrected chi connectivity index (χ4v) is 7.27. The molecule has 0 aliphatic heterocycles. The maximum atomic E-state index is 11.7. The lowest BCUT2D eigenvalue weighted by atomic mass is 9.83. The maximum absolute atomic E-state index is 11.7. The Hall–Kier alpha value is -6.26. The zero-order valence-corrected chi connectivity index (χ0v) is 31.1. The summed E-state index contributed by atoms with van der Waals surface area (Å²) in [5, 5.41) is 11.7.